The summed E-state index contributed by atoms with van der Waals surface area (Å²) in [6.45, 7) is 2.71. The van der Waals surface area contributed by atoms with Crippen molar-refractivity contribution in [2.45, 2.75) is 38.6 Å². The summed E-state index contributed by atoms with van der Waals surface area (Å²) in [7, 11) is 0. The van der Waals surface area contributed by atoms with Gasteiger partial charge in [-0.25, -0.2) is 0 Å². The molecule has 5 heteroatoms. The third kappa shape index (κ3) is 2.63. The zero-order valence-corrected chi connectivity index (χ0v) is 10.8. The third-order valence-electron chi connectivity index (χ3n) is 3.39. The average molecular weight is 256 g/mol. The van der Waals surface area contributed by atoms with Crippen molar-refractivity contribution in [1.82, 2.24) is 15.1 Å². The van der Waals surface area contributed by atoms with Crippen LogP contribution in [0.2, 0.25) is 0 Å². The summed E-state index contributed by atoms with van der Waals surface area (Å²) in [5.74, 6) is 0.699. The second-order valence-corrected chi connectivity index (χ2v) is 4.91. The maximum absolute atomic E-state index is 12.4. The lowest BCUT2D eigenvalue weighted by Crippen LogP contribution is -2.44. The number of likely N-dealkylation sites (tertiary alicyclic amines) is 1. The summed E-state index contributed by atoms with van der Waals surface area (Å²) in [5.41, 5.74) is 1.52. The van der Waals surface area contributed by atoms with Gasteiger partial charge in [0.15, 0.2) is 0 Å². The number of rotatable bonds is 3. The number of H-pyrrole nitrogens is 1. The molecule has 1 aliphatic heterocycles. The van der Waals surface area contributed by atoms with E-state index >= 15 is 0 Å². The molecule has 1 aromatic rings. The van der Waals surface area contributed by atoms with E-state index in [4.69, 9.17) is 11.6 Å². The molecule has 0 bridgehead atoms. The number of aromatic nitrogens is 2. The molecule has 2 rings (SSSR count). The number of aryl methyl sites for hydroxylation is 1. The maximum atomic E-state index is 12.4. The van der Waals surface area contributed by atoms with E-state index in [9.17, 15) is 4.79 Å². The molecule has 0 aliphatic carbocycles. The number of nitrogens with one attached hydrogen (secondary N) is 1. The molecular weight excluding hydrogens is 238 g/mol. The number of piperidine rings is 1. The second-order valence-electron chi connectivity index (χ2n) is 4.53. The summed E-state index contributed by atoms with van der Waals surface area (Å²) >= 11 is 5.80. The Morgan fingerprint density at radius 2 is 2.47 bits per heavy atom. The maximum Gasteiger partial charge on any atom is 0.257 e. The molecular formula is C12H18ClN3O. The molecule has 0 radical (unpaired) electrons. The van der Waals surface area contributed by atoms with Crippen LogP contribution in [0.5, 0.6) is 0 Å². The van der Waals surface area contributed by atoms with Gasteiger partial charge in [0.25, 0.3) is 5.91 Å². The molecule has 1 aliphatic rings. The average Bonchev–Trinajstić information content (AvgIpc) is 2.76. The first-order chi connectivity index (χ1) is 8.24. The Balaban J connectivity index is 2.14. The van der Waals surface area contributed by atoms with Gasteiger partial charge >= 0.3 is 0 Å². The molecule has 0 saturated carbocycles. The third-order valence-corrected chi connectivity index (χ3v) is 3.61. The first-order valence-corrected chi connectivity index (χ1v) is 6.64. The lowest BCUT2D eigenvalue weighted by atomic mass is 9.99. The normalized spacial score (nSPS) is 20.6. The predicted molar refractivity (Wildman–Crippen MR) is 67.3 cm³/mol. The Hall–Kier alpha value is -1.03. The fraction of sp³-hybridized carbons (Fsp3) is 0.667. The summed E-state index contributed by atoms with van der Waals surface area (Å²) in [6, 6.07) is 0.294. The Kier molecular flexibility index (Phi) is 4.05. The number of alkyl halides is 1. The number of hydrogen-bond donors (Lipinski definition) is 1. The lowest BCUT2D eigenvalue weighted by molar-refractivity contribution is 0.0608. The number of carbonyl (C=O) groups is 1. The molecule has 94 valence electrons. The highest BCUT2D eigenvalue weighted by atomic mass is 35.5. The highest BCUT2D eigenvalue weighted by Gasteiger charge is 2.28. The van der Waals surface area contributed by atoms with Crippen LogP contribution in [0.1, 0.15) is 41.7 Å². The summed E-state index contributed by atoms with van der Waals surface area (Å²) in [6.07, 6.45) is 5.83. The van der Waals surface area contributed by atoms with Gasteiger partial charge in [-0.3, -0.25) is 9.89 Å². The lowest BCUT2D eigenvalue weighted by Gasteiger charge is -2.35. The molecule has 1 amide bonds. The molecule has 1 unspecified atom stereocenters. The van der Waals surface area contributed by atoms with Crippen molar-refractivity contribution < 1.29 is 4.79 Å². The van der Waals surface area contributed by atoms with Crippen LogP contribution in [0.3, 0.4) is 0 Å². The van der Waals surface area contributed by atoms with Crippen molar-refractivity contribution in [3.63, 3.8) is 0 Å². The molecule has 4 nitrogen and oxygen atoms in total. The van der Waals surface area contributed by atoms with Gasteiger partial charge in [0, 0.05) is 24.2 Å². The van der Waals surface area contributed by atoms with Crippen molar-refractivity contribution in [2.75, 3.05) is 12.4 Å². The standard InChI is InChI=1S/C12H18ClN3O/c1-9-11(8-14-15-9)12(17)16-7-3-2-4-10(16)5-6-13/h8,10H,2-7H2,1H3,(H,14,15). The van der Waals surface area contributed by atoms with Gasteiger partial charge in [0.05, 0.1) is 11.8 Å². The Morgan fingerprint density at radius 1 is 1.65 bits per heavy atom. The molecule has 0 spiro atoms. The molecule has 1 saturated heterocycles. The van der Waals surface area contributed by atoms with Crippen LogP contribution >= 0.6 is 11.6 Å². The van der Waals surface area contributed by atoms with Gasteiger partial charge in [-0.15, -0.1) is 11.6 Å². The fourth-order valence-electron chi connectivity index (χ4n) is 2.42. The van der Waals surface area contributed by atoms with Crippen LogP contribution in [-0.2, 0) is 0 Å². The van der Waals surface area contributed by atoms with Gasteiger partial charge in [-0.2, -0.15) is 5.10 Å². The first kappa shape index (κ1) is 12.4. The minimum absolute atomic E-state index is 0.0890. The van der Waals surface area contributed by atoms with Crippen LogP contribution in [-0.4, -0.2) is 39.5 Å². The smallest absolute Gasteiger partial charge is 0.257 e. The molecule has 1 N–H and O–H groups in total. The zero-order chi connectivity index (χ0) is 12.3. The van der Waals surface area contributed by atoms with Gasteiger partial charge < -0.3 is 4.90 Å². The molecule has 0 aromatic carbocycles. The van der Waals surface area contributed by atoms with E-state index in [0.29, 0.717) is 17.5 Å². The molecule has 2 heterocycles. The van der Waals surface area contributed by atoms with E-state index in [1.807, 2.05) is 11.8 Å². The zero-order valence-electron chi connectivity index (χ0n) is 10.1. The van der Waals surface area contributed by atoms with Crippen molar-refractivity contribution in [3.05, 3.63) is 17.5 Å². The molecule has 1 fully saturated rings. The van der Waals surface area contributed by atoms with Crippen molar-refractivity contribution in [1.29, 1.82) is 0 Å². The predicted octanol–water partition coefficient (Wildman–Crippen LogP) is 2.34. The van der Waals surface area contributed by atoms with Gasteiger partial charge in [0.1, 0.15) is 0 Å². The summed E-state index contributed by atoms with van der Waals surface area (Å²) < 4.78 is 0. The van der Waals surface area contributed by atoms with Crippen LogP contribution in [0, 0.1) is 6.92 Å². The van der Waals surface area contributed by atoms with Gasteiger partial charge in [-0.1, -0.05) is 0 Å². The number of carbonyl (C=O) groups excluding carboxylic acids is 1. The minimum atomic E-state index is 0.0890. The van der Waals surface area contributed by atoms with E-state index in [0.717, 1.165) is 31.5 Å². The number of hydrogen-bond acceptors (Lipinski definition) is 2. The van der Waals surface area contributed by atoms with Gasteiger partial charge in [0.2, 0.25) is 0 Å². The molecule has 1 aromatic heterocycles. The number of aromatic amines is 1. The quantitative estimate of drug-likeness (QED) is 0.843. The number of amides is 1. The second kappa shape index (κ2) is 5.54. The van der Waals surface area contributed by atoms with Crippen LogP contribution in [0.25, 0.3) is 0 Å². The molecule has 1 atom stereocenters. The van der Waals surface area contributed by atoms with E-state index in [1.165, 1.54) is 6.42 Å². The van der Waals surface area contributed by atoms with Crippen molar-refractivity contribution in [2.24, 2.45) is 0 Å². The molecule has 17 heavy (non-hydrogen) atoms. The topological polar surface area (TPSA) is 49.0 Å². The highest BCUT2D eigenvalue weighted by Crippen LogP contribution is 2.22. The fourth-order valence-corrected chi connectivity index (χ4v) is 2.67. The van der Waals surface area contributed by atoms with Crippen LogP contribution in [0.4, 0.5) is 0 Å². The van der Waals surface area contributed by atoms with Crippen molar-refractivity contribution >= 4 is 17.5 Å². The first-order valence-electron chi connectivity index (χ1n) is 6.11. The largest absolute Gasteiger partial charge is 0.336 e. The Bertz CT molecular complexity index is 389. The summed E-state index contributed by atoms with van der Waals surface area (Å²) in [5, 5.41) is 6.72. The van der Waals surface area contributed by atoms with Crippen LogP contribution < -0.4 is 0 Å². The van der Waals surface area contributed by atoms with Crippen molar-refractivity contribution in [3.8, 4) is 0 Å². The van der Waals surface area contributed by atoms with Gasteiger partial charge in [-0.05, 0) is 32.6 Å². The number of nitrogens with zero attached hydrogens (tertiary/aromatic N) is 2. The Labute approximate surface area is 106 Å². The summed E-state index contributed by atoms with van der Waals surface area (Å²) in [4.78, 5) is 14.4. The highest BCUT2D eigenvalue weighted by molar-refractivity contribution is 6.17. The van der Waals surface area contributed by atoms with E-state index in [1.54, 1.807) is 6.20 Å². The Morgan fingerprint density at radius 3 is 3.12 bits per heavy atom. The van der Waals surface area contributed by atoms with E-state index < -0.39 is 0 Å². The number of halogens is 1. The minimum Gasteiger partial charge on any atom is -0.336 e. The van der Waals surface area contributed by atoms with E-state index in [2.05, 4.69) is 10.2 Å². The van der Waals surface area contributed by atoms with E-state index in [-0.39, 0.29) is 5.91 Å². The SMILES string of the molecule is Cc1[nH]ncc1C(=O)N1CCCCC1CCCl. The monoisotopic (exact) mass is 255 g/mol. The van der Waals surface area contributed by atoms with Crippen LogP contribution in [0.15, 0.2) is 6.20 Å².